The Morgan fingerprint density at radius 1 is 1.25 bits per heavy atom. The van der Waals surface area contributed by atoms with Gasteiger partial charge in [0.2, 0.25) is 0 Å². The normalized spacial score (nSPS) is 11.0. The molecule has 1 N–H and O–H groups in total. The molecule has 0 atom stereocenters. The summed E-state index contributed by atoms with van der Waals surface area (Å²) in [7, 11) is 0. The van der Waals surface area contributed by atoms with E-state index >= 15 is 0 Å². The minimum absolute atomic E-state index is 0.393. The molecule has 0 spiro atoms. The summed E-state index contributed by atoms with van der Waals surface area (Å²) >= 11 is 10.0. The number of carboxylic acid groups (broad SMARTS) is 1. The molecule has 0 unspecified atom stereocenters. The highest BCUT2D eigenvalue weighted by Gasteiger charge is 2.11. The SMILES string of the molecule is N#C/C(=C/c1cc(I)c(OCC(=O)O)c(I)c1)c1ccc(Cl)cc1. The second-order valence-corrected chi connectivity index (χ2v) is 7.43. The fourth-order valence-electron chi connectivity index (χ4n) is 1.91. The number of aliphatic carboxylic acids is 1. The summed E-state index contributed by atoms with van der Waals surface area (Å²) in [6.07, 6.45) is 1.77. The number of hydrogen-bond donors (Lipinski definition) is 1. The minimum Gasteiger partial charge on any atom is -0.480 e. The van der Waals surface area contributed by atoms with Gasteiger partial charge in [-0.3, -0.25) is 0 Å². The molecule has 0 amide bonds. The van der Waals surface area contributed by atoms with Gasteiger partial charge in [-0.05, 0) is 86.7 Å². The van der Waals surface area contributed by atoms with E-state index in [1.165, 1.54) is 0 Å². The van der Waals surface area contributed by atoms with Crippen LogP contribution in [0.15, 0.2) is 36.4 Å². The van der Waals surface area contributed by atoms with Crippen molar-refractivity contribution >= 4 is 74.4 Å². The lowest BCUT2D eigenvalue weighted by Crippen LogP contribution is -2.11. The topological polar surface area (TPSA) is 70.3 Å². The molecule has 0 heterocycles. The summed E-state index contributed by atoms with van der Waals surface area (Å²) in [6, 6.07) is 12.9. The highest BCUT2D eigenvalue weighted by atomic mass is 127. The Labute approximate surface area is 171 Å². The quantitative estimate of drug-likeness (QED) is 0.312. The summed E-state index contributed by atoms with van der Waals surface area (Å²) in [5.41, 5.74) is 2.12. The van der Waals surface area contributed by atoms with Gasteiger partial charge in [-0.25, -0.2) is 4.79 Å². The van der Waals surface area contributed by atoms with E-state index < -0.39 is 12.6 Å². The Morgan fingerprint density at radius 2 is 1.83 bits per heavy atom. The van der Waals surface area contributed by atoms with Gasteiger partial charge in [-0.2, -0.15) is 5.26 Å². The van der Waals surface area contributed by atoms with Crippen molar-refractivity contribution in [1.82, 2.24) is 0 Å². The second-order valence-electron chi connectivity index (χ2n) is 4.67. The number of rotatable bonds is 5. The Hall–Kier alpha value is -1.31. The first-order chi connectivity index (χ1) is 11.4. The highest BCUT2D eigenvalue weighted by molar-refractivity contribution is 14.1. The zero-order valence-electron chi connectivity index (χ0n) is 12.1. The minimum atomic E-state index is -1.03. The predicted octanol–water partition coefficient (Wildman–Crippen LogP) is 5.08. The van der Waals surface area contributed by atoms with Crippen LogP contribution in [0.25, 0.3) is 11.6 Å². The number of nitriles is 1. The van der Waals surface area contributed by atoms with Crippen molar-refractivity contribution < 1.29 is 14.6 Å². The van der Waals surface area contributed by atoms with Crippen LogP contribution in [0.1, 0.15) is 11.1 Å². The molecule has 2 aromatic carbocycles. The van der Waals surface area contributed by atoms with Crippen molar-refractivity contribution in [2.45, 2.75) is 0 Å². The summed E-state index contributed by atoms with van der Waals surface area (Å²) in [4.78, 5) is 10.6. The number of hydrogen-bond acceptors (Lipinski definition) is 3. The number of ether oxygens (including phenoxy) is 1. The van der Waals surface area contributed by atoms with Crippen LogP contribution in [0.2, 0.25) is 5.02 Å². The molecular formula is C17H10ClI2NO3. The van der Waals surface area contributed by atoms with Crippen molar-refractivity contribution in [3.8, 4) is 11.8 Å². The Bertz CT molecular complexity index is 819. The first-order valence-electron chi connectivity index (χ1n) is 6.62. The molecule has 24 heavy (non-hydrogen) atoms. The monoisotopic (exact) mass is 565 g/mol. The van der Waals surface area contributed by atoms with Crippen LogP contribution in [-0.4, -0.2) is 17.7 Å². The molecule has 0 radical (unpaired) electrons. The maximum absolute atomic E-state index is 10.6. The molecule has 2 aromatic rings. The first-order valence-corrected chi connectivity index (χ1v) is 9.15. The zero-order chi connectivity index (χ0) is 17.7. The highest BCUT2D eigenvalue weighted by Crippen LogP contribution is 2.30. The van der Waals surface area contributed by atoms with Gasteiger partial charge in [-0.15, -0.1) is 0 Å². The van der Waals surface area contributed by atoms with Crippen molar-refractivity contribution in [1.29, 1.82) is 5.26 Å². The van der Waals surface area contributed by atoms with Crippen LogP contribution in [0.4, 0.5) is 0 Å². The lowest BCUT2D eigenvalue weighted by atomic mass is 10.0. The Balaban J connectivity index is 2.36. The van der Waals surface area contributed by atoms with E-state index in [2.05, 4.69) is 51.3 Å². The standard InChI is InChI=1S/C17H10ClI2NO3/c18-13-3-1-11(2-4-13)12(8-21)5-10-6-14(19)17(15(20)7-10)24-9-16(22)23/h1-7H,9H2,(H,22,23)/b12-5-. The average molecular weight is 566 g/mol. The third-order valence-electron chi connectivity index (χ3n) is 2.95. The van der Waals surface area contributed by atoms with E-state index in [0.717, 1.165) is 18.3 Å². The summed E-state index contributed by atoms with van der Waals surface area (Å²) in [5, 5.41) is 18.7. The smallest absolute Gasteiger partial charge is 0.341 e. The molecule has 122 valence electrons. The van der Waals surface area contributed by atoms with Crippen LogP contribution in [0, 0.1) is 18.5 Å². The summed E-state index contributed by atoms with van der Waals surface area (Å²) in [5.74, 6) is -0.499. The second kappa shape index (κ2) is 8.69. The number of benzene rings is 2. The number of nitrogens with zero attached hydrogens (tertiary/aromatic N) is 1. The van der Waals surface area contributed by atoms with Crippen molar-refractivity contribution in [2.75, 3.05) is 6.61 Å². The van der Waals surface area contributed by atoms with E-state index in [0.29, 0.717) is 16.3 Å². The van der Waals surface area contributed by atoms with Gasteiger partial charge in [-0.1, -0.05) is 23.7 Å². The Kier molecular flexibility index (Phi) is 6.89. The van der Waals surface area contributed by atoms with E-state index in [9.17, 15) is 10.1 Å². The third-order valence-corrected chi connectivity index (χ3v) is 4.80. The number of carbonyl (C=O) groups is 1. The molecule has 7 heteroatoms. The molecule has 0 fully saturated rings. The molecule has 0 aromatic heterocycles. The number of halogens is 3. The Morgan fingerprint density at radius 3 is 2.33 bits per heavy atom. The first kappa shape index (κ1) is 19.0. The molecule has 0 saturated heterocycles. The van der Waals surface area contributed by atoms with Crippen molar-refractivity contribution in [3.63, 3.8) is 0 Å². The van der Waals surface area contributed by atoms with Crippen LogP contribution < -0.4 is 4.74 Å². The third kappa shape index (κ3) is 5.09. The van der Waals surface area contributed by atoms with Crippen LogP contribution in [0.5, 0.6) is 5.75 Å². The fourth-order valence-corrected chi connectivity index (χ4v) is 4.16. The zero-order valence-corrected chi connectivity index (χ0v) is 17.2. The van der Waals surface area contributed by atoms with Crippen LogP contribution >= 0.6 is 56.8 Å². The van der Waals surface area contributed by atoms with Gasteiger partial charge in [0.15, 0.2) is 6.61 Å². The maximum atomic E-state index is 10.6. The number of allylic oxidation sites excluding steroid dienone is 1. The molecule has 0 aliphatic heterocycles. The lowest BCUT2D eigenvalue weighted by Gasteiger charge is -2.10. The molecule has 0 aliphatic carbocycles. The van der Waals surface area contributed by atoms with Gasteiger partial charge < -0.3 is 9.84 Å². The van der Waals surface area contributed by atoms with Gasteiger partial charge in [0, 0.05) is 5.02 Å². The van der Waals surface area contributed by atoms with Gasteiger partial charge >= 0.3 is 5.97 Å². The molecule has 0 saturated carbocycles. The van der Waals surface area contributed by atoms with E-state index in [4.69, 9.17) is 21.4 Å². The number of carboxylic acids is 1. The molecule has 2 rings (SSSR count). The fraction of sp³-hybridized carbons (Fsp3) is 0.0588. The largest absolute Gasteiger partial charge is 0.480 e. The van der Waals surface area contributed by atoms with Crippen molar-refractivity contribution in [3.05, 3.63) is 59.7 Å². The average Bonchev–Trinajstić information content (AvgIpc) is 2.52. The van der Waals surface area contributed by atoms with Crippen LogP contribution in [0.3, 0.4) is 0 Å². The van der Waals surface area contributed by atoms with Crippen LogP contribution in [-0.2, 0) is 4.79 Å². The van der Waals surface area contributed by atoms with Gasteiger partial charge in [0.25, 0.3) is 0 Å². The van der Waals surface area contributed by atoms with Gasteiger partial charge in [0.05, 0.1) is 18.8 Å². The lowest BCUT2D eigenvalue weighted by molar-refractivity contribution is -0.139. The summed E-state index contributed by atoms with van der Waals surface area (Å²) in [6.45, 7) is -0.393. The summed E-state index contributed by atoms with van der Waals surface area (Å²) < 4.78 is 6.85. The molecule has 0 bridgehead atoms. The predicted molar refractivity (Wildman–Crippen MR) is 110 cm³/mol. The molecular weight excluding hydrogens is 555 g/mol. The van der Waals surface area contributed by atoms with E-state index in [1.807, 2.05) is 12.1 Å². The molecule has 0 aliphatic rings. The van der Waals surface area contributed by atoms with E-state index in [-0.39, 0.29) is 0 Å². The van der Waals surface area contributed by atoms with Gasteiger partial charge in [0.1, 0.15) is 5.75 Å². The maximum Gasteiger partial charge on any atom is 0.341 e. The van der Waals surface area contributed by atoms with E-state index in [1.54, 1.807) is 30.3 Å². The van der Waals surface area contributed by atoms with Crippen molar-refractivity contribution in [2.24, 2.45) is 0 Å². The molecule has 4 nitrogen and oxygen atoms in total.